The van der Waals surface area contributed by atoms with Crippen molar-refractivity contribution in [2.75, 3.05) is 25.1 Å². The molecule has 0 unspecified atom stereocenters. The third-order valence-corrected chi connectivity index (χ3v) is 2.59. The molecule has 0 rings (SSSR count). The van der Waals surface area contributed by atoms with Crippen LogP contribution in [0, 0.1) is 0 Å². The lowest BCUT2D eigenvalue weighted by atomic mass is 10.2. The lowest BCUT2D eigenvalue weighted by Crippen LogP contribution is -2.23. The summed E-state index contributed by atoms with van der Waals surface area (Å²) < 4.78 is 21.4. The van der Waals surface area contributed by atoms with Crippen LogP contribution < -0.4 is 5.32 Å². The van der Waals surface area contributed by atoms with Crippen molar-refractivity contribution in [2.45, 2.75) is 19.3 Å². The van der Waals surface area contributed by atoms with Gasteiger partial charge in [-0.05, 0) is 19.4 Å². The molecule has 0 aliphatic rings. The predicted octanol–water partition coefficient (Wildman–Crippen LogP) is -0.125. The highest BCUT2D eigenvalue weighted by Crippen LogP contribution is 1.93. The first-order chi connectivity index (χ1) is 6.42. The highest BCUT2D eigenvalue weighted by Gasteiger charge is 2.00. The van der Waals surface area contributed by atoms with Gasteiger partial charge in [-0.2, -0.15) is 0 Å². The zero-order chi connectivity index (χ0) is 11.0. The summed E-state index contributed by atoms with van der Waals surface area (Å²) in [4.78, 5) is 10.1. The van der Waals surface area contributed by atoms with Crippen molar-refractivity contribution in [1.82, 2.24) is 5.32 Å². The Labute approximate surface area is 84.4 Å². The third kappa shape index (κ3) is 11.4. The summed E-state index contributed by atoms with van der Waals surface area (Å²) in [5.74, 6) is -0.660. The van der Waals surface area contributed by atoms with Crippen molar-refractivity contribution in [3.05, 3.63) is 0 Å². The van der Waals surface area contributed by atoms with Crippen LogP contribution in [0.5, 0.6) is 0 Å². The lowest BCUT2D eigenvalue weighted by molar-refractivity contribution is -0.137. The summed E-state index contributed by atoms with van der Waals surface area (Å²) in [6, 6.07) is 0. The topological polar surface area (TPSA) is 83.5 Å². The predicted molar refractivity (Wildman–Crippen MR) is 54.1 cm³/mol. The Bertz CT molecular complexity index is 261. The molecule has 0 saturated heterocycles. The van der Waals surface area contributed by atoms with E-state index in [-0.39, 0.29) is 12.2 Å². The fraction of sp³-hybridized carbons (Fsp3) is 0.875. The molecule has 0 heterocycles. The molecule has 0 fully saturated rings. The monoisotopic (exact) mass is 223 g/mol. The fourth-order valence-electron chi connectivity index (χ4n) is 0.909. The molecule has 0 aliphatic heterocycles. The first kappa shape index (κ1) is 13.4. The number of nitrogens with one attached hydrogen (secondary N) is 1. The molecule has 0 aromatic carbocycles. The molecule has 0 aromatic heterocycles. The molecule has 0 saturated carbocycles. The number of unbranched alkanes of at least 4 members (excludes halogenated alkanes) is 1. The van der Waals surface area contributed by atoms with Gasteiger partial charge in [0.2, 0.25) is 0 Å². The number of carboxylic acid groups (broad SMARTS) is 1. The minimum atomic E-state index is -2.89. The van der Waals surface area contributed by atoms with E-state index >= 15 is 0 Å². The number of carbonyl (C=O) groups is 1. The van der Waals surface area contributed by atoms with Crippen LogP contribution in [0.15, 0.2) is 0 Å². The molecule has 0 aromatic rings. The first-order valence-corrected chi connectivity index (χ1v) is 6.58. The van der Waals surface area contributed by atoms with Crippen LogP contribution in [0.4, 0.5) is 0 Å². The van der Waals surface area contributed by atoms with E-state index in [2.05, 4.69) is 5.32 Å². The number of sulfone groups is 1. The average molecular weight is 223 g/mol. The number of hydrogen-bond acceptors (Lipinski definition) is 4. The van der Waals surface area contributed by atoms with Gasteiger partial charge in [0.1, 0.15) is 9.84 Å². The highest BCUT2D eigenvalue weighted by molar-refractivity contribution is 7.90. The number of rotatable bonds is 8. The molecule has 0 radical (unpaired) electrons. The highest BCUT2D eigenvalue weighted by atomic mass is 32.2. The van der Waals surface area contributed by atoms with E-state index < -0.39 is 15.8 Å². The summed E-state index contributed by atoms with van der Waals surface area (Å²) in [6.45, 7) is 1.11. The molecule has 0 bridgehead atoms. The summed E-state index contributed by atoms with van der Waals surface area (Å²) in [5, 5.41) is 11.3. The van der Waals surface area contributed by atoms with Crippen molar-refractivity contribution in [3.63, 3.8) is 0 Å². The van der Waals surface area contributed by atoms with Crippen LogP contribution in [0.25, 0.3) is 0 Å². The second kappa shape index (κ2) is 6.78. The number of carboxylic acids is 1. The van der Waals surface area contributed by atoms with Gasteiger partial charge < -0.3 is 10.4 Å². The lowest BCUT2D eigenvalue weighted by Gasteiger charge is -2.02. The summed E-state index contributed by atoms with van der Waals surface area (Å²) in [7, 11) is -2.89. The van der Waals surface area contributed by atoms with Crippen molar-refractivity contribution < 1.29 is 18.3 Å². The van der Waals surface area contributed by atoms with Crippen LogP contribution in [-0.2, 0) is 14.6 Å². The maximum absolute atomic E-state index is 10.7. The Morgan fingerprint density at radius 1 is 1.29 bits per heavy atom. The summed E-state index contributed by atoms with van der Waals surface area (Å²) in [5.41, 5.74) is 0. The van der Waals surface area contributed by atoms with Gasteiger partial charge in [-0.1, -0.05) is 0 Å². The molecule has 14 heavy (non-hydrogen) atoms. The van der Waals surface area contributed by atoms with Crippen molar-refractivity contribution in [2.24, 2.45) is 0 Å². The quantitative estimate of drug-likeness (QED) is 0.560. The van der Waals surface area contributed by atoms with Gasteiger partial charge in [-0.15, -0.1) is 0 Å². The van der Waals surface area contributed by atoms with Gasteiger partial charge in [0.05, 0.1) is 5.75 Å². The summed E-state index contributed by atoms with van der Waals surface area (Å²) in [6.07, 6.45) is 2.75. The molecule has 0 amide bonds. The zero-order valence-corrected chi connectivity index (χ0v) is 9.14. The first-order valence-electron chi connectivity index (χ1n) is 4.52. The van der Waals surface area contributed by atoms with Gasteiger partial charge in [0, 0.05) is 19.2 Å². The van der Waals surface area contributed by atoms with Gasteiger partial charge in [0.25, 0.3) is 0 Å². The largest absolute Gasteiger partial charge is 0.481 e. The van der Waals surface area contributed by atoms with Gasteiger partial charge in [-0.25, -0.2) is 8.42 Å². The molecule has 5 nitrogen and oxygen atoms in total. The average Bonchev–Trinajstić information content (AvgIpc) is 2.00. The molecule has 0 atom stereocenters. The summed E-state index contributed by atoms with van der Waals surface area (Å²) >= 11 is 0. The Balaban J connectivity index is 3.19. The van der Waals surface area contributed by atoms with Crippen molar-refractivity contribution in [1.29, 1.82) is 0 Å². The minimum Gasteiger partial charge on any atom is -0.481 e. The van der Waals surface area contributed by atoms with Gasteiger partial charge >= 0.3 is 5.97 Å². The Morgan fingerprint density at radius 3 is 2.43 bits per heavy atom. The molecule has 84 valence electrons. The molecular formula is C8H17NO4S. The van der Waals surface area contributed by atoms with E-state index in [0.717, 1.165) is 6.42 Å². The van der Waals surface area contributed by atoms with Gasteiger partial charge in [-0.3, -0.25) is 4.79 Å². The smallest absolute Gasteiger partial charge is 0.303 e. The minimum absolute atomic E-state index is 0.131. The molecule has 0 aliphatic carbocycles. The maximum Gasteiger partial charge on any atom is 0.303 e. The molecular weight excluding hydrogens is 206 g/mol. The van der Waals surface area contributed by atoms with Crippen LogP contribution >= 0.6 is 0 Å². The molecule has 0 spiro atoms. The van der Waals surface area contributed by atoms with E-state index in [1.807, 2.05) is 0 Å². The van der Waals surface area contributed by atoms with Crippen LogP contribution in [0.3, 0.4) is 0 Å². The van der Waals surface area contributed by atoms with Crippen molar-refractivity contribution in [3.8, 4) is 0 Å². The van der Waals surface area contributed by atoms with Gasteiger partial charge in [0.15, 0.2) is 0 Å². The van der Waals surface area contributed by atoms with Crippen molar-refractivity contribution >= 4 is 15.8 Å². The van der Waals surface area contributed by atoms with E-state index in [1.165, 1.54) is 6.26 Å². The Kier molecular flexibility index (Phi) is 6.48. The van der Waals surface area contributed by atoms with E-state index in [0.29, 0.717) is 19.5 Å². The van der Waals surface area contributed by atoms with Crippen LogP contribution in [0.2, 0.25) is 0 Å². The van der Waals surface area contributed by atoms with Crippen LogP contribution in [-0.4, -0.2) is 44.6 Å². The molecule has 6 heteroatoms. The molecule has 2 N–H and O–H groups in total. The maximum atomic E-state index is 10.7. The second-order valence-electron chi connectivity index (χ2n) is 3.23. The number of hydrogen-bond donors (Lipinski definition) is 2. The Hall–Kier alpha value is -0.620. The van der Waals surface area contributed by atoms with Crippen LogP contribution in [0.1, 0.15) is 19.3 Å². The van der Waals surface area contributed by atoms with E-state index in [1.54, 1.807) is 0 Å². The Morgan fingerprint density at radius 2 is 1.93 bits per heavy atom. The number of aliphatic carboxylic acids is 1. The zero-order valence-electron chi connectivity index (χ0n) is 8.32. The third-order valence-electron chi connectivity index (χ3n) is 1.64. The fourth-order valence-corrected chi connectivity index (χ4v) is 1.42. The standard InChI is InChI=1S/C8H17NO4S/c1-14(12,13)7-6-9-5-3-2-4-8(10)11/h9H,2-7H2,1H3,(H,10,11). The van der Waals surface area contributed by atoms with E-state index in [4.69, 9.17) is 5.11 Å². The second-order valence-corrected chi connectivity index (χ2v) is 5.49. The SMILES string of the molecule is CS(=O)(=O)CCNCCCCC(=O)O. The normalized spacial score (nSPS) is 11.5. The van der Waals surface area contributed by atoms with E-state index in [9.17, 15) is 13.2 Å².